The van der Waals surface area contributed by atoms with Crippen LogP contribution in [0.3, 0.4) is 0 Å². The fourth-order valence-electron chi connectivity index (χ4n) is 0.864. The third kappa shape index (κ3) is 1.46. The van der Waals surface area contributed by atoms with Gasteiger partial charge in [0.1, 0.15) is 0 Å². The number of rotatable bonds is 1. The number of nitrogens with zero attached hydrogens (tertiary/aromatic N) is 1. The monoisotopic (exact) mass is 292 g/mol. The van der Waals surface area contributed by atoms with Crippen molar-refractivity contribution in [2.75, 3.05) is 5.73 Å². The highest BCUT2D eigenvalue weighted by Crippen LogP contribution is 2.27. The second-order valence-corrected chi connectivity index (χ2v) is 5.06. The molecule has 0 aromatic carbocycles. The van der Waals surface area contributed by atoms with Gasteiger partial charge in [-0.05, 0) is 28.7 Å². The topological polar surface area (TPSA) is 52.0 Å². The standard InChI is InChI=1S/C7H5IN2OS/c8-6-1-4(3-12-6)5-2-7(9)10-11-5/h1-3H,(H2,9,10). The van der Waals surface area contributed by atoms with Crippen LogP contribution >= 0.6 is 33.9 Å². The zero-order valence-electron chi connectivity index (χ0n) is 5.95. The van der Waals surface area contributed by atoms with Gasteiger partial charge in [0.15, 0.2) is 11.6 Å². The zero-order chi connectivity index (χ0) is 8.55. The molecular weight excluding hydrogens is 287 g/mol. The lowest BCUT2D eigenvalue weighted by Crippen LogP contribution is -1.79. The largest absolute Gasteiger partial charge is 0.381 e. The Morgan fingerprint density at radius 2 is 2.33 bits per heavy atom. The van der Waals surface area contributed by atoms with Gasteiger partial charge in [-0.3, -0.25) is 0 Å². The number of hydrogen-bond donors (Lipinski definition) is 1. The van der Waals surface area contributed by atoms with Crippen molar-refractivity contribution < 1.29 is 4.52 Å². The molecule has 0 bridgehead atoms. The molecule has 62 valence electrons. The molecule has 2 aromatic heterocycles. The Labute approximate surface area is 86.7 Å². The summed E-state index contributed by atoms with van der Waals surface area (Å²) < 4.78 is 6.21. The van der Waals surface area contributed by atoms with Crippen LogP contribution in [0.1, 0.15) is 0 Å². The molecule has 5 heteroatoms. The first-order valence-corrected chi connectivity index (χ1v) is 5.18. The van der Waals surface area contributed by atoms with Crippen LogP contribution in [0.15, 0.2) is 22.0 Å². The summed E-state index contributed by atoms with van der Waals surface area (Å²) in [5.41, 5.74) is 6.46. The van der Waals surface area contributed by atoms with Gasteiger partial charge in [-0.2, -0.15) is 0 Å². The predicted octanol–water partition coefficient (Wildman–Crippen LogP) is 2.59. The summed E-state index contributed by atoms with van der Waals surface area (Å²) in [7, 11) is 0. The minimum absolute atomic E-state index is 0.422. The average molecular weight is 292 g/mol. The van der Waals surface area contributed by atoms with Gasteiger partial charge in [0.2, 0.25) is 0 Å². The molecule has 0 atom stereocenters. The van der Waals surface area contributed by atoms with Crippen molar-refractivity contribution in [1.82, 2.24) is 5.16 Å². The summed E-state index contributed by atoms with van der Waals surface area (Å²) in [6.07, 6.45) is 0. The molecule has 0 aliphatic carbocycles. The highest BCUT2D eigenvalue weighted by molar-refractivity contribution is 14.1. The van der Waals surface area contributed by atoms with Crippen LogP contribution in [0, 0.1) is 2.88 Å². The van der Waals surface area contributed by atoms with Crippen LogP contribution in [-0.2, 0) is 0 Å². The van der Waals surface area contributed by atoms with E-state index in [1.165, 1.54) is 2.88 Å². The summed E-state index contributed by atoms with van der Waals surface area (Å²) in [5, 5.41) is 5.62. The molecule has 2 rings (SSSR count). The van der Waals surface area contributed by atoms with E-state index in [1.807, 2.05) is 11.4 Å². The quantitative estimate of drug-likeness (QED) is 0.822. The average Bonchev–Trinajstić information content (AvgIpc) is 2.58. The van der Waals surface area contributed by atoms with E-state index in [1.54, 1.807) is 17.4 Å². The number of halogens is 1. The maximum absolute atomic E-state index is 5.42. The number of aromatic nitrogens is 1. The van der Waals surface area contributed by atoms with E-state index in [9.17, 15) is 0 Å². The van der Waals surface area contributed by atoms with Crippen molar-refractivity contribution in [1.29, 1.82) is 0 Å². The van der Waals surface area contributed by atoms with Gasteiger partial charge in [-0.25, -0.2) is 0 Å². The fourth-order valence-corrected chi connectivity index (χ4v) is 2.20. The lowest BCUT2D eigenvalue weighted by Gasteiger charge is -1.83. The van der Waals surface area contributed by atoms with Gasteiger partial charge in [0.25, 0.3) is 0 Å². The lowest BCUT2D eigenvalue weighted by molar-refractivity contribution is 0.436. The number of hydrogen-bond acceptors (Lipinski definition) is 4. The smallest absolute Gasteiger partial charge is 0.169 e. The second-order valence-electron chi connectivity index (χ2n) is 2.26. The first-order chi connectivity index (χ1) is 5.75. The van der Waals surface area contributed by atoms with Crippen molar-refractivity contribution in [3.63, 3.8) is 0 Å². The molecule has 0 saturated carbocycles. The highest BCUT2D eigenvalue weighted by Gasteiger charge is 2.05. The van der Waals surface area contributed by atoms with Crippen LogP contribution in [-0.4, -0.2) is 5.16 Å². The maximum Gasteiger partial charge on any atom is 0.169 e. The minimum Gasteiger partial charge on any atom is -0.381 e. The molecule has 12 heavy (non-hydrogen) atoms. The van der Waals surface area contributed by atoms with E-state index in [0.29, 0.717) is 5.82 Å². The predicted molar refractivity (Wildman–Crippen MR) is 56.9 cm³/mol. The molecule has 0 fully saturated rings. The molecule has 0 aliphatic heterocycles. The molecule has 0 amide bonds. The van der Waals surface area contributed by atoms with E-state index >= 15 is 0 Å². The summed E-state index contributed by atoms with van der Waals surface area (Å²) >= 11 is 3.93. The Morgan fingerprint density at radius 3 is 2.83 bits per heavy atom. The van der Waals surface area contributed by atoms with Crippen LogP contribution in [0.4, 0.5) is 5.82 Å². The first-order valence-electron chi connectivity index (χ1n) is 3.22. The second kappa shape index (κ2) is 3.06. The Balaban J connectivity index is 2.43. The molecule has 0 saturated heterocycles. The van der Waals surface area contributed by atoms with Gasteiger partial charge in [0, 0.05) is 17.0 Å². The van der Waals surface area contributed by atoms with Crippen LogP contribution in [0.5, 0.6) is 0 Å². The van der Waals surface area contributed by atoms with E-state index in [4.69, 9.17) is 10.3 Å². The number of anilines is 1. The normalized spacial score (nSPS) is 10.4. The van der Waals surface area contributed by atoms with Gasteiger partial charge in [0.05, 0.1) is 2.88 Å². The minimum atomic E-state index is 0.422. The molecule has 3 nitrogen and oxygen atoms in total. The maximum atomic E-state index is 5.42. The first kappa shape index (κ1) is 8.06. The Bertz CT molecular complexity index is 357. The third-order valence-corrected chi connectivity index (χ3v) is 3.17. The van der Waals surface area contributed by atoms with E-state index in [0.717, 1.165) is 11.3 Å². The SMILES string of the molecule is Nc1cc(-c2csc(I)c2)on1. The van der Waals surface area contributed by atoms with Crippen molar-refractivity contribution in [2.45, 2.75) is 0 Å². The Morgan fingerprint density at radius 1 is 1.50 bits per heavy atom. The van der Waals surface area contributed by atoms with Gasteiger partial charge in [-0.15, -0.1) is 11.3 Å². The van der Waals surface area contributed by atoms with E-state index in [-0.39, 0.29) is 0 Å². The van der Waals surface area contributed by atoms with E-state index in [2.05, 4.69) is 27.7 Å². The number of nitrogen functional groups attached to an aromatic ring is 1. The molecular formula is C7H5IN2OS. The fraction of sp³-hybridized carbons (Fsp3) is 0. The van der Waals surface area contributed by atoms with Crippen molar-refractivity contribution in [3.8, 4) is 11.3 Å². The molecule has 0 spiro atoms. The highest BCUT2D eigenvalue weighted by atomic mass is 127. The van der Waals surface area contributed by atoms with Crippen LogP contribution in [0.2, 0.25) is 0 Å². The molecule has 2 aromatic rings. The van der Waals surface area contributed by atoms with Crippen molar-refractivity contribution >= 4 is 39.7 Å². The van der Waals surface area contributed by atoms with Gasteiger partial charge >= 0.3 is 0 Å². The Hall–Kier alpha value is -0.560. The van der Waals surface area contributed by atoms with Crippen molar-refractivity contribution in [2.24, 2.45) is 0 Å². The lowest BCUT2D eigenvalue weighted by atomic mass is 10.3. The van der Waals surface area contributed by atoms with Gasteiger partial charge < -0.3 is 10.3 Å². The molecule has 2 N–H and O–H groups in total. The van der Waals surface area contributed by atoms with Crippen LogP contribution < -0.4 is 5.73 Å². The summed E-state index contributed by atoms with van der Waals surface area (Å²) in [6, 6.07) is 3.75. The molecule has 0 radical (unpaired) electrons. The van der Waals surface area contributed by atoms with Crippen molar-refractivity contribution in [3.05, 3.63) is 20.4 Å². The molecule has 2 heterocycles. The molecule has 0 aliphatic rings. The number of nitrogens with two attached hydrogens (primary N) is 1. The molecule has 0 unspecified atom stereocenters. The van der Waals surface area contributed by atoms with Crippen LogP contribution in [0.25, 0.3) is 11.3 Å². The van der Waals surface area contributed by atoms with E-state index < -0.39 is 0 Å². The Kier molecular flexibility index (Phi) is 2.05. The third-order valence-electron chi connectivity index (χ3n) is 1.38. The summed E-state index contributed by atoms with van der Waals surface area (Å²) in [5.74, 6) is 1.15. The van der Waals surface area contributed by atoms with Gasteiger partial charge in [-0.1, -0.05) is 5.16 Å². The summed E-state index contributed by atoms with van der Waals surface area (Å²) in [4.78, 5) is 0. The number of thiophene rings is 1. The summed E-state index contributed by atoms with van der Waals surface area (Å²) in [6.45, 7) is 0. The zero-order valence-corrected chi connectivity index (χ0v) is 8.93.